The Labute approximate surface area is 170 Å². The molecule has 0 atom stereocenters. The number of alkyl halides is 3. The number of halogens is 5. The van der Waals surface area contributed by atoms with Crippen LogP contribution in [-0.4, -0.2) is 36.2 Å². The lowest BCUT2D eigenvalue weighted by Crippen LogP contribution is -2.50. The zero-order valence-electron chi connectivity index (χ0n) is 14.1. The van der Waals surface area contributed by atoms with Crippen molar-refractivity contribution >= 4 is 51.9 Å². The van der Waals surface area contributed by atoms with Crippen molar-refractivity contribution in [2.45, 2.75) is 6.18 Å². The van der Waals surface area contributed by atoms with Crippen molar-refractivity contribution in [1.82, 2.24) is 4.90 Å². The molecular formula is C18H16Cl2F3N3S. The first-order valence-corrected chi connectivity index (χ1v) is 9.34. The van der Waals surface area contributed by atoms with Crippen LogP contribution in [0.3, 0.4) is 0 Å². The predicted molar refractivity (Wildman–Crippen MR) is 108 cm³/mol. The number of anilines is 2. The highest BCUT2D eigenvalue weighted by molar-refractivity contribution is 7.80. The lowest BCUT2D eigenvalue weighted by molar-refractivity contribution is -0.137. The first-order chi connectivity index (χ1) is 12.8. The van der Waals surface area contributed by atoms with Crippen LogP contribution in [0.2, 0.25) is 10.0 Å². The number of piperazine rings is 1. The number of thiocarbonyl (C=S) groups is 1. The van der Waals surface area contributed by atoms with Crippen LogP contribution >= 0.6 is 35.4 Å². The van der Waals surface area contributed by atoms with E-state index in [1.54, 1.807) is 24.3 Å². The maximum Gasteiger partial charge on any atom is 0.416 e. The van der Waals surface area contributed by atoms with E-state index in [-0.39, 0.29) is 0 Å². The Hall–Kier alpha value is -1.70. The van der Waals surface area contributed by atoms with Crippen molar-refractivity contribution in [1.29, 1.82) is 0 Å². The zero-order valence-corrected chi connectivity index (χ0v) is 16.4. The van der Waals surface area contributed by atoms with Crippen molar-refractivity contribution in [3.8, 4) is 0 Å². The second-order valence-electron chi connectivity index (χ2n) is 6.05. The summed E-state index contributed by atoms with van der Waals surface area (Å²) in [7, 11) is 0. The minimum atomic E-state index is -4.35. The summed E-state index contributed by atoms with van der Waals surface area (Å²) >= 11 is 17.6. The average molecular weight is 434 g/mol. The number of rotatable bonds is 2. The van der Waals surface area contributed by atoms with E-state index in [1.165, 1.54) is 12.1 Å². The third kappa shape index (κ3) is 4.78. The van der Waals surface area contributed by atoms with Gasteiger partial charge in [-0.3, -0.25) is 0 Å². The summed E-state index contributed by atoms with van der Waals surface area (Å²) in [4.78, 5) is 3.87. The van der Waals surface area contributed by atoms with Crippen molar-refractivity contribution < 1.29 is 13.2 Å². The van der Waals surface area contributed by atoms with Gasteiger partial charge in [0.05, 0.1) is 21.3 Å². The lowest BCUT2D eigenvalue weighted by atomic mass is 10.1. The normalized spacial score (nSPS) is 15.0. The summed E-state index contributed by atoms with van der Waals surface area (Å²) < 4.78 is 38.7. The fourth-order valence-corrected chi connectivity index (χ4v) is 3.48. The fourth-order valence-electron chi connectivity index (χ4n) is 2.84. The molecule has 3 rings (SSSR count). The summed E-state index contributed by atoms with van der Waals surface area (Å²) in [6, 6.07) is 10.6. The van der Waals surface area contributed by atoms with Gasteiger partial charge in [-0.05, 0) is 42.5 Å². The molecule has 144 valence electrons. The molecule has 2 aromatic rings. The molecule has 1 fully saturated rings. The van der Waals surface area contributed by atoms with E-state index in [0.29, 0.717) is 52.7 Å². The van der Waals surface area contributed by atoms with E-state index in [9.17, 15) is 13.2 Å². The summed E-state index contributed by atoms with van der Waals surface area (Å²) in [6.45, 7) is 2.29. The molecule has 2 aromatic carbocycles. The molecule has 27 heavy (non-hydrogen) atoms. The Kier molecular flexibility index (Phi) is 6.03. The fraction of sp³-hybridized carbons (Fsp3) is 0.278. The first kappa shape index (κ1) is 20.0. The first-order valence-electron chi connectivity index (χ1n) is 8.18. The Balaban J connectivity index is 1.62. The minimum absolute atomic E-state index is 0.393. The van der Waals surface area contributed by atoms with Crippen molar-refractivity contribution in [2.24, 2.45) is 0 Å². The van der Waals surface area contributed by atoms with E-state index < -0.39 is 11.7 Å². The highest BCUT2D eigenvalue weighted by atomic mass is 35.5. The standard InChI is InChI=1S/C18H16Cl2F3N3S/c19-14-5-2-6-15(16(14)20)24-17(27)26-9-7-25(8-10-26)13-4-1-3-12(11-13)18(21,22)23/h1-6,11H,7-10H2,(H,24,27). The SMILES string of the molecule is FC(F)(F)c1cccc(N2CCN(C(=S)Nc3cccc(Cl)c3Cl)CC2)c1. The molecule has 0 saturated carbocycles. The van der Waals surface area contributed by atoms with Gasteiger partial charge in [0, 0.05) is 31.9 Å². The van der Waals surface area contributed by atoms with E-state index in [0.717, 1.165) is 6.07 Å². The maximum atomic E-state index is 12.9. The predicted octanol–water partition coefficient (Wildman–Crippen LogP) is 5.53. The summed E-state index contributed by atoms with van der Waals surface area (Å²) in [5, 5.41) is 4.40. The second kappa shape index (κ2) is 8.12. The van der Waals surface area contributed by atoms with Crippen molar-refractivity contribution in [2.75, 3.05) is 36.4 Å². The van der Waals surface area contributed by atoms with Crippen LogP contribution in [0.15, 0.2) is 42.5 Å². The molecule has 0 unspecified atom stereocenters. The van der Waals surface area contributed by atoms with E-state index in [1.807, 2.05) is 9.80 Å². The van der Waals surface area contributed by atoms with Gasteiger partial charge in [0.15, 0.2) is 5.11 Å². The molecule has 1 aliphatic rings. The van der Waals surface area contributed by atoms with Crippen LogP contribution in [0.5, 0.6) is 0 Å². The van der Waals surface area contributed by atoms with Crippen LogP contribution in [0, 0.1) is 0 Å². The lowest BCUT2D eigenvalue weighted by Gasteiger charge is -2.37. The van der Waals surface area contributed by atoms with E-state index >= 15 is 0 Å². The highest BCUT2D eigenvalue weighted by Crippen LogP contribution is 2.32. The van der Waals surface area contributed by atoms with Crippen LogP contribution in [0.1, 0.15) is 5.56 Å². The molecule has 1 heterocycles. The average Bonchev–Trinajstić information content (AvgIpc) is 2.65. The topological polar surface area (TPSA) is 18.5 Å². The maximum absolute atomic E-state index is 12.9. The molecule has 1 aliphatic heterocycles. The number of benzene rings is 2. The Bertz CT molecular complexity index is 837. The van der Waals surface area contributed by atoms with Crippen LogP contribution in [0.25, 0.3) is 0 Å². The minimum Gasteiger partial charge on any atom is -0.368 e. The molecule has 3 nitrogen and oxygen atoms in total. The summed E-state index contributed by atoms with van der Waals surface area (Å²) in [5.74, 6) is 0. The summed E-state index contributed by atoms with van der Waals surface area (Å²) in [6.07, 6.45) is -4.35. The molecule has 0 aromatic heterocycles. The molecular weight excluding hydrogens is 418 g/mol. The van der Waals surface area contributed by atoms with Gasteiger partial charge in [-0.15, -0.1) is 0 Å². The van der Waals surface area contributed by atoms with Crippen LogP contribution < -0.4 is 10.2 Å². The number of nitrogens with one attached hydrogen (secondary N) is 1. The summed E-state index contributed by atoms with van der Waals surface area (Å²) in [5.41, 5.74) is 0.533. The third-order valence-electron chi connectivity index (χ3n) is 4.30. The number of hydrogen-bond acceptors (Lipinski definition) is 2. The van der Waals surface area contributed by atoms with Gasteiger partial charge >= 0.3 is 6.18 Å². The van der Waals surface area contributed by atoms with Crippen molar-refractivity contribution in [3.05, 3.63) is 58.1 Å². The van der Waals surface area contributed by atoms with Gasteiger partial charge in [0.25, 0.3) is 0 Å². The number of hydrogen-bond donors (Lipinski definition) is 1. The van der Waals surface area contributed by atoms with Gasteiger partial charge in [-0.2, -0.15) is 13.2 Å². The largest absolute Gasteiger partial charge is 0.416 e. The van der Waals surface area contributed by atoms with Gasteiger partial charge in [0.1, 0.15) is 0 Å². The smallest absolute Gasteiger partial charge is 0.368 e. The van der Waals surface area contributed by atoms with Gasteiger partial charge < -0.3 is 15.1 Å². The Morgan fingerprint density at radius 2 is 1.67 bits per heavy atom. The monoisotopic (exact) mass is 433 g/mol. The van der Waals surface area contributed by atoms with E-state index in [2.05, 4.69) is 5.32 Å². The molecule has 0 bridgehead atoms. The second-order valence-corrected chi connectivity index (χ2v) is 7.23. The molecule has 1 saturated heterocycles. The van der Waals surface area contributed by atoms with E-state index in [4.69, 9.17) is 35.4 Å². The van der Waals surface area contributed by atoms with Crippen LogP contribution in [-0.2, 0) is 6.18 Å². The van der Waals surface area contributed by atoms with Gasteiger partial charge in [0.2, 0.25) is 0 Å². The highest BCUT2D eigenvalue weighted by Gasteiger charge is 2.31. The van der Waals surface area contributed by atoms with Crippen LogP contribution in [0.4, 0.5) is 24.5 Å². The third-order valence-corrected chi connectivity index (χ3v) is 5.48. The molecule has 1 N–H and O–H groups in total. The molecule has 0 spiro atoms. The molecule has 0 aliphatic carbocycles. The van der Waals surface area contributed by atoms with Crippen molar-refractivity contribution in [3.63, 3.8) is 0 Å². The van der Waals surface area contributed by atoms with Gasteiger partial charge in [-0.25, -0.2) is 0 Å². The quantitative estimate of drug-likeness (QED) is 0.627. The Morgan fingerprint density at radius 3 is 2.33 bits per heavy atom. The molecule has 0 radical (unpaired) electrons. The molecule has 9 heteroatoms. The zero-order chi connectivity index (χ0) is 19.6. The number of nitrogens with zero attached hydrogens (tertiary/aromatic N) is 2. The van der Waals surface area contributed by atoms with Gasteiger partial charge in [-0.1, -0.05) is 35.3 Å². The Morgan fingerprint density at radius 1 is 1.00 bits per heavy atom. The molecule has 0 amide bonds.